The molecule has 1 aromatic rings. The van der Waals surface area contributed by atoms with Crippen molar-refractivity contribution in [2.75, 3.05) is 7.11 Å². The number of methoxy groups -OCH3 is 1. The Bertz CT molecular complexity index is 357. The zero-order valence-electron chi connectivity index (χ0n) is 10.3. The highest BCUT2D eigenvalue weighted by Gasteiger charge is 2.28. The molecule has 1 atom stereocenters. The molecule has 0 heterocycles. The van der Waals surface area contributed by atoms with Crippen molar-refractivity contribution in [1.29, 1.82) is 0 Å². The average Bonchev–Trinajstić information content (AvgIpc) is 2.13. The van der Waals surface area contributed by atoms with Gasteiger partial charge >= 0.3 is 0 Å². The van der Waals surface area contributed by atoms with Gasteiger partial charge in [0.05, 0.1) is 13.2 Å². The van der Waals surface area contributed by atoms with Crippen molar-refractivity contribution in [2.24, 2.45) is 5.92 Å². The van der Waals surface area contributed by atoms with Crippen LogP contribution < -0.4 is 4.74 Å². The van der Waals surface area contributed by atoms with E-state index >= 15 is 0 Å². The maximum atomic E-state index is 10.3. The lowest BCUT2D eigenvalue weighted by Crippen LogP contribution is -2.21. The second kappa shape index (κ2) is 4.46. The molecule has 1 saturated carbocycles. The molecule has 1 aliphatic carbocycles. The Morgan fingerprint density at radius 2 is 1.81 bits per heavy atom. The van der Waals surface area contributed by atoms with Gasteiger partial charge in [-0.2, -0.15) is 0 Å². The Balaban J connectivity index is 2.32. The second-order valence-electron chi connectivity index (χ2n) is 4.81. The third-order valence-electron chi connectivity index (χ3n) is 3.70. The predicted octanol–water partition coefficient (Wildman–Crippen LogP) is 3.15. The zero-order valence-corrected chi connectivity index (χ0v) is 10.3. The zero-order chi connectivity index (χ0) is 11.7. The second-order valence-corrected chi connectivity index (χ2v) is 4.81. The molecule has 0 saturated heterocycles. The van der Waals surface area contributed by atoms with Crippen LogP contribution in [0.5, 0.6) is 5.75 Å². The first-order chi connectivity index (χ1) is 7.63. The van der Waals surface area contributed by atoms with E-state index < -0.39 is 0 Å². The van der Waals surface area contributed by atoms with Crippen LogP contribution in [0, 0.1) is 19.8 Å². The molecule has 1 aliphatic rings. The van der Waals surface area contributed by atoms with Crippen LogP contribution in [0.4, 0.5) is 0 Å². The van der Waals surface area contributed by atoms with Gasteiger partial charge in [0.1, 0.15) is 5.75 Å². The monoisotopic (exact) mass is 220 g/mol. The van der Waals surface area contributed by atoms with E-state index in [0.29, 0.717) is 5.92 Å². The highest BCUT2D eigenvalue weighted by Crippen LogP contribution is 2.40. The lowest BCUT2D eigenvalue weighted by Gasteiger charge is -2.32. The molecule has 1 N–H and O–H groups in total. The van der Waals surface area contributed by atoms with Crippen molar-refractivity contribution >= 4 is 0 Å². The minimum Gasteiger partial charge on any atom is -0.497 e. The summed E-state index contributed by atoms with van der Waals surface area (Å²) in [7, 11) is 1.68. The van der Waals surface area contributed by atoms with Gasteiger partial charge in [0.2, 0.25) is 0 Å². The molecule has 2 rings (SSSR count). The Morgan fingerprint density at radius 1 is 1.25 bits per heavy atom. The molecule has 0 spiro atoms. The molecular weight excluding hydrogens is 200 g/mol. The van der Waals surface area contributed by atoms with Crippen molar-refractivity contribution < 1.29 is 9.84 Å². The van der Waals surface area contributed by atoms with Crippen molar-refractivity contribution in [3.8, 4) is 5.75 Å². The van der Waals surface area contributed by atoms with Crippen LogP contribution >= 0.6 is 0 Å². The minimum absolute atomic E-state index is 0.292. The maximum Gasteiger partial charge on any atom is 0.119 e. The first-order valence-corrected chi connectivity index (χ1v) is 5.96. The summed E-state index contributed by atoms with van der Waals surface area (Å²) >= 11 is 0. The van der Waals surface area contributed by atoms with E-state index in [1.54, 1.807) is 7.11 Å². The Labute approximate surface area is 97.3 Å². The van der Waals surface area contributed by atoms with E-state index in [0.717, 1.165) is 35.3 Å². The van der Waals surface area contributed by atoms with Gasteiger partial charge in [0.25, 0.3) is 0 Å². The summed E-state index contributed by atoms with van der Waals surface area (Å²) in [5.41, 5.74) is 3.37. The number of hydrogen-bond acceptors (Lipinski definition) is 2. The van der Waals surface area contributed by atoms with Gasteiger partial charge in [0.15, 0.2) is 0 Å². The molecule has 0 radical (unpaired) electrons. The Hall–Kier alpha value is -1.02. The summed E-state index contributed by atoms with van der Waals surface area (Å²) in [4.78, 5) is 0. The first kappa shape index (κ1) is 11.5. The van der Waals surface area contributed by atoms with Crippen LogP contribution in [0.1, 0.15) is 42.1 Å². The molecule has 0 aliphatic heterocycles. The van der Waals surface area contributed by atoms with Crippen molar-refractivity contribution in [3.05, 3.63) is 28.8 Å². The highest BCUT2D eigenvalue weighted by atomic mass is 16.5. The normalized spacial score (nSPS) is 18.0. The van der Waals surface area contributed by atoms with Gasteiger partial charge < -0.3 is 9.84 Å². The van der Waals surface area contributed by atoms with Gasteiger partial charge in [-0.25, -0.2) is 0 Å². The van der Waals surface area contributed by atoms with Gasteiger partial charge in [-0.15, -0.1) is 0 Å². The number of aliphatic hydroxyl groups excluding tert-OH is 1. The summed E-state index contributed by atoms with van der Waals surface area (Å²) in [5, 5.41) is 10.3. The third-order valence-corrected chi connectivity index (χ3v) is 3.70. The van der Waals surface area contributed by atoms with Crippen molar-refractivity contribution in [1.82, 2.24) is 0 Å². The van der Waals surface area contributed by atoms with Crippen molar-refractivity contribution in [3.63, 3.8) is 0 Å². The summed E-state index contributed by atoms with van der Waals surface area (Å²) in [6.07, 6.45) is 3.29. The molecular formula is C14H20O2. The quantitative estimate of drug-likeness (QED) is 0.848. The standard InChI is InChI=1S/C14H20O2/c1-9-7-12(16-3)8-10(2)13(9)14(15)11-5-4-6-11/h7-8,11,14-15H,4-6H2,1-3H3. The molecule has 88 valence electrons. The minimum atomic E-state index is -0.292. The number of rotatable bonds is 3. The third kappa shape index (κ3) is 1.94. The fourth-order valence-corrected chi connectivity index (χ4v) is 2.51. The number of benzene rings is 1. The number of hydrogen-bond donors (Lipinski definition) is 1. The van der Waals surface area contributed by atoms with E-state index in [-0.39, 0.29) is 6.10 Å². The molecule has 2 heteroatoms. The van der Waals surface area contributed by atoms with Gasteiger partial charge in [-0.3, -0.25) is 0 Å². The van der Waals surface area contributed by atoms with Crippen molar-refractivity contribution in [2.45, 2.75) is 39.2 Å². The molecule has 1 fully saturated rings. The van der Waals surface area contributed by atoms with Crippen LogP contribution in [0.2, 0.25) is 0 Å². The largest absolute Gasteiger partial charge is 0.497 e. The highest BCUT2D eigenvalue weighted by molar-refractivity contribution is 5.42. The predicted molar refractivity (Wildman–Crippen MR) is 64.8 cm³/mol. The lowest BCUT2D eigenvalue weighted by molar-refractivity contribution is 0.0611. The molecule has 16 heavy (non-hydrogen) atoms. The Morgan fingerprint density at radius 3 is 2.19 bits per heavy atom. The van der Waals surface area contributed by atoms with Gasteiger partial charge in [-0.05, 0) is 61.4 Å². The molecule has 0 bridgehead atoms. The summed E-state index contributed by atoms with van der Waals surface area (Å²) < 4.78 is 5.23. The van der Waals surface area contributed by atoms with E-state index in [1.807, 2.05) is 26.0 Å². The smallest absolute Gasteiger partial charge is 0.119 e. The van der Waals surface area contributed by atoms with E-state index in [2.05, 4.69) is 0 Å². The van der Waals surface area contributed by atoms with Gasteiger partial charge in [0, 0.05) is 0 Å². The number of ether oxygens (including phenoxy) is 1. The first-order valence-electron chi connectivity index (χ1n) is 5.96. The lowest BCUT2D eigenvalue weighted by atomic mass is 9.77. The number of aryl methyl sites for hydroxylation is 2. The molecule has 0 amide bonds. The average molecular weight is 220 g/mol. The van der Waals surface area contributed by atoms with Crippen LogP contribution in [-0.2, 0) is 0 Å². The summed E-state index contributed by atoms with van der Waals surface area (Å²) in [6.45, 7) is 4.10. The fraction of sp³-hybridized carbons (Fsp3) is 0.571. The summed E-state index contributed by atoms with van der Waals surface area (Å²) in [5.74, 6) is 1.34. The SMILES string of the molecule is COc1cc(C)c(C(O)C2CCC2)c(C)c1. The van der Waals surface area contributed by atoms with Gasteiger partial charge in [-0.1, -0.05) is 6.42 Å². The van der Waals surface area contributed by atoms with E-state index in [1.165, 1.54) is 6.42 Å². The molecule has 1 unspecified atom stereocenters. The maximum absolute atomic E-state index is 10.3. The van der Waals surface area contributed by atoms with E-state index in [9.17, 15) is 5.11 Å². The van der Waals surface area contributed by atoms with Crippen LogP contribution in [-0.4, -0.2) is 12.2 Å². The van der Waals surface area contributed by atoms with Crippen LogP contribution in [0.25, 0.3) is 0 Å². The molecule has 2 nitrogen and oxygen atoms in total. The topological polar surface area (TPSA) is 29.5 Å². The molecule has 0 aromatic heterocycles. The van der Waals surface area contributed by atoms with Crippen LogP contribution in [0.15, 0.2) is 12.1 Å². The molecule has 1 aromatic carbocycles. The Kier molecular flexibility index (Phi) is 3.20. The number of aliphatic hydroxyl groups is 1. The fourth-order valence-electron chi connectivity index (χ4n) is 2.51. The van der Waals surface area contributed by atoms with Crippen LogP contribution in [0.3, 0.4) is 0 Å². The summed E-state index contributed by atoms with van der Waals surface area (Å²) in [6, 6.07) is 4.01. The van der Waals surface area contributed by atoms with E-state index in [4.69, 9.17) is 4.74 Å².